The molecule has 2 fully saturated rings. The predicted molar refractivity (Wildman–Crippen MR) is 60.5 cm³/mol. The van der Waals surface area contributed by atoms with Gasteiger partial charge in [0, 0.05) is 13.2 Å². The second kappa shape index (κ2) is 5.04. The summed E-state index contributed by atoms with van der Waals surface area (Å²) in [6, 6.07) is -0.649. The first-order valence-corrected chi connectivity index (χ1v) is 6.23. The molecule has 2 heterocycles. The van der Waals surface area contributed by atoms with E-state index in [1.807, 2.05) is 6.92 Å². The largest absolute Gasteiger partial charge is 0.480 e. The molecule has 1 amide bonds. The average Bonchev–Trinajstić information content (AvgIpc) is 2.86. The summed E-state index contributed by atoms with van der Waals surface area (Å²) in [6.45, 7) is 3.17. The SMILES string of the molecule is CC1CCN(C(=O)CC2CCCO2)C1C(=O)O. The summed E-state index contributed by atoms with van der Waals surface area (Å²) in [4.78, 5) is 24.7. The van der Waals surface area contributed by atoms with Crippen molar-refractivity contribution >= 4 is 11.9 Å². The van der Waals surface area contributed by atoms with Crippen LogP contribution in [0.1, 0.15) is 32.6 Å². The molecule has 0 saturated carbocycles. The van der Waals surface area contributed by atoms with Crippen molar-refractivity contribution in [3.63, 3.8) is 0 Å². The van der Waals surface area contributed by atoms with Gasteiger partial charge in [-0.05, 0) is 25.2 Å². The number of carboxylic acid groups (broad SMARTS) is 1. The number of carbonyl (C=O) groups is 2. The number of amides is 1. The third-order valence-electron chi connectivity index (χ3n) is 3.70. The van der Waals surface area contributed by atoms with Gasteiger partial charge < -0.3 is 14.7 Å². The van der Waals surface area contributed by atoms with Crippen LogP contribution in [0.4, 0.5) is 0 Å². The van der Waals surface area contributed by atoms with Crippen molar-refractivity contribution in [2.24, 2.45) is 5.92 Å². The number of likely N-dealkylation sites (tertiary alicyclic amines) is 1. The van der Waals surface area contributed by atoms with Crippen LogP contribution in [0.25, 0.3) is 0 Å². The Balaban J connectivity index is 1.95. The molecular formula is C12H19NO4. The molecule has 0 aliphatic carbocycles. The first-order chi connectivity index (χ1) is 8.09. The Kier molecular flexibility index (Phi) is 3.66. The summed E-state index contributed by atoms with van der Waals surface area (Å²) in [6.07, 6.45) is 3.00. The number of hydrogen-bond donors (Lipinski definition) is 1. The highest BCUT2D eigenvalue weighted by molar-refractivity contribution is 5.84. The molecule has 96 valence electrons. The van der Waals surface area contributed by atoms with Gasteiger partial charge in [-0.3, -0.25) is 4.79 Å². The van der Waals surface area contributed by atoms with Gasteiger partial charge in [0.05, 0.1) is 12.5 Å². The van der Waals surface area contributed by atoms with Crippen molar-refractivity contribution in [2.45, 2.75) is 44.8 Å². The van der Waals surface area contributed by atoms with Crippen molar-refractivity contribution in [3.05, 3.63) is 0 Å². The Morgan fingerprint density at radius 3 is 2.76 bits per heavy atom. The number of carbonyl (C=O) groups excluding carboxylic acids is 1. The van der Waals surface area contributed by atoms with Crippen LogP contribution in [0, 0.1) is 5.92 Å². The molecule has 5 heteroatoms. The fourth-order valence-corrected chi connectivity index (χ4v) is 2.72. The van der Waals surface area contributed by atoms with Crippen molar-refractivity contribution in [1.29, 1.82) is 0 Å². The Bertz CT molecular complexity index is 312. The number of rotatable bonds is 3. The zero-order valence-corrected chi connectivity index (χ0v) is 10.1. The summed E-state index contributed by atoms with van der Waals surface area (Å²) in [5.74, 6) is -0.926. The van der Waals surface area contributed by atoms with Crippen LogP contribution in [-0.2, 0) is 14.3 Å². The Labute approximate surface area is 101 Å². The molecule has 1 N–H and O–H groups in total. The molecule has 3 unspecified atom stereocenters. The van der Waals surface area contributed by atoms with E-state index in [4.69, 9.17) is 9.84 Å². The maximum Gasteiger partial charge on any atom is 0.326 e. The van der Waals surface area contributed by atoms with E-state index in [1.165, 1.54) is 4.90 Å². The second-order valence-electron chi connectivity index (χ2n) is 4.98. The predicted octanol–water partition coefficient (Wildman–Crippen LogP) is 0.877. The van der Waals surface area contributed by atoms with Gasteiger partial charge >= 0.3 is 5.97 Å². The zero-order chi connectivity index (χ0) is 12.4. The smallest absolute Gasteiger partial charge is 0.326 e. The lowest BCUT2D eigenvalue weighted by Crippen LogP contribution is -2.43. The molecule has 0 aromatic carbocycles. The topological polar surface area (TPSA) is 66.8 Å². The van der Waals surface area contributed by atoms with Crippen LogP contribution in [0.15, 0.2) is 0 Å². The van der Waals surface area contributed by atoms with Gasteiger partial charge in [0.15, 0.2) is 0 Å². The van der Waals surface area contributed by atoms with Crippen LogP contribution in [0.2, 0.25) is 0 Å². The number of aliphatic carboxylic acids is 1. The summed E-state index contributed by atoms with van der Waals surface area (Å²) >= 11 is 0. The number of hydrogen-bond acceptors (Lipinski definition) is 3. The van der Waals surface area contributed by atoms with Crippen LogP contribution < -0.4 is 0 Å². The monoisotopic (exact) mass is 241 g/mol. The maximum atomic E-state index is 12.0. The van der Waals surface area contributed by atoms with Gasteiger partial charge in [0.1, 0.15) is 6.04 Å². The number of carboxylic acids is 1. The van der Waals surface area contributed by atoms with E-state index in [1.54, 1.807) is 0 Å². The molecule has 2 aliphatic rings. The lowest BCUT2D eigenvalue weighted by Gasteiger charge is -2.24. The van der Waals surface area contributed by atoms with Gasteiger partial charge in [0.25, 0.3) is 0 Å². The van der Waals surface area contributed by atoms with Gasteiger partial charge in [-0.15, -0.1) is 0 Å². The van der Waals surface area contributed by atoms with E-state index in [9.17, 15) is 9.59 Å². The Morgan fingerprint density at radius 2 is 2.18 bits per heavy atom. The summed E-state index contributed by atoms with van der Waals surface area (Å²) < 4.78 is 5.41. The van der Waals surface area contributed by atoms with Crippen LogP contribution >= 0.6 is 0 Å². The third kappa shape index (κ3) is 2.60. The second-order valence-corrected chi connectivity index (χ2v) is 4.98. The summed E-state index contributed by atoms with van der Waals surface area (Å²) in [5.41, 5.74) is 0. The van der Waals surface area contributed by atoms with E-state index in [2.05, 4.69) is 0 Å². The average molecular weight is 241 g/mol. The summed E-state index contributed by atoms with van der Waals surface area (Å²) in [5, 5.41) is 9.14. The Hall–Kier alpha value is -1.10. The van der Waals surface area contributed by atoms with Crippen molar-refractivity contribution in [3.8, 4) is 0 Å². The minimum atomic E-state index is -0.893. The van der Waals surface area contributed by atoms with E-state index in [0.717, 1.165) is 25.9 Å². The van der Waals surface area contributed by atoms with Crippen LogP contribution in [0.3, 0.4) is 0 Å². The fraction of sp³-hybridized carbons (Fsp3) is 0.833. The molecule has 2 aliphatic heterocycles. The normalized spacial score (nSPS) is 33.0. The quantitative estimate of drug-likeness (QED) is 0.796. The molecule has 3 atom stereocenters. The molecule has 0 bridgehead atoms. The highest BCUT2D eigenvalue weighted by Crippen LogP contribution is 2.26. The molecule has 2 saturated heterocycles. The van der Waals surface area contributed by atoms with Gasteiger partial charge in [-0.1, -0.05) is 6.92 Å². The van der Waals surface area contributed by atoms with Crippen molar-refractivity contribution < 1.29 is 19.4 Å². The first-order valence-electron chi connectivity index (χ1n) is 6.23. The standard InChI is InChI=1S/C12H19NO4/c1-8-4-5-13(11(8)12(15)16)10(14)7-9-3-2-6-17-9/h8-9,11H,2-7H2,1H3,(H,15,16). The van der Waals surface area contributed by atoms with Crippen molar-refractivity contribution in [1.82, 2.24) is 4.90 Å². The summed E-state index contributed by atoms with van der Waals surface area (Å²) in [7, 11) is 0. The van der Waals surface area contributed by atoms with Crippen molar-refractivity contribution in [2.75, 3.05) is 13.2 Å². The number of ether oxygens (including phenoxy) is 1. The number of nitrogens with zero attached hydrogens (tertiary/aromatic N) is 1. The minimum absolute atomic E-state index is 0.00662. The molecule has 0 aromatic rings. The van der Waals surface area contributed by atoms with E-state index in [-0.39, 0.29) is 17.9 Å². The maximum absolute atomic E-state index is 12.0. The first kappa shape index (κ1) is 12.4. The molecular weight excluding hydrogens is 222 g/mol. The van der Waals surface area contributed by atoms with Gasteiger partial charge in [-0.25, -0.2) is 4.79 Å². The van der Waals surface area contributed by atoms with Gasteiger partial charge in [0.2, 0.25) is 5.91 Å². The lowest BCUT2D eigenvalue weighted by atomic mass is 10.0. The van der Waals surface area contributed by atoms with Crippen LogP contribution in [-0.4, -0.2) is 47.2 Å². The van der Waals surface area contributed by atoms with Gasteiger partial charge in [-0.2, -0.15) is 0 Å². The zero-order valence-electron chi connectivity index (χ0n) is 10.1. The lowest BCUT2D eigenvalue weighted by molar-refractivity contribution is -0.150. The highest BCUT2D eigenvalue weighted by Gasteiger charge is 2.39. The molecule has 5 nitrogen and oxygen atoms in total. The highest BCUT2D eigenvalue weighted by atomic mass is 16.5. The fourth-order valence-electron chi connectivity index (χ4n) is 2.72. The molecule has 2 rings (SSSR count). The minimum Gasteiger partial charge on any atom is -0.480 e. The Morgan fingerprint density at radius 1 is 1.41 bits per heavy atom. The van der Waals surface area contributed by atoms with E-state index >= 15 is 0 Å². The molecule has 0 aromatic heterocycles. The van der Waals surface area contributed by atoms with E-state index < -0.39 is 12.0 Å². The van der Waals surface area contributed by atoms with Crippen LogP contribution in [0.5, 0.6) is 0 Å². The molecule has 0 spiro atoms. The molecule has 17 heavy (non-hydrogen) atoms. The molecule has 0 radical (unpaired) electrons. The van der Waals surface area contributed by atoms with E-state index in [0.29, 0.717) is 13.0 Å². The third-order valence-corrected chi connectivity index (χ3v) is 3.70.